The van der Waals surface area contributed by atoms with Gasteiger partial charge >= 0.3 is 5.97 Å². The zero-order chi connectivity index (χ0) is 15.9. The number of hydrogen-bond donors (Lipinski definition) is 2. The van der Waals surface area contributed by atoms with E-state index in [9.17, 15) is 9.59 Å². The van der Waals surface area contributed by atoms with Gasteiger partial charge in [-0.3, -0.25) is 9.59 Å². The molecule has 2 rings (SSSR count). The first-order valence-electron chi connectivity index (χ1n) is 6.61. The number of hydrogen-bond acceptors (Lipinski definition) is 6. The lowest BCUT2D eigenvalue weighted by Crippen LogP contribution is -2.26. The van der Waals surface area contributed by atoms with E-state index in [1.165, 1.54) is 0 Å². The Hall–Kier alpha value is -2.35. The molecule has 1 saturated heterocycles. The maximum atomic E-state index is 11.5. The Morgan fingerprint density at radius 3 is 2.82 bits per heavy atom. The van der Waals surface area contributed by atoms with Crippen LogP contribution in [0.2, 0.25) is 0 Å². The minimum atomic E-state index is -1.02. The van der Waals surface area contributed by atoms with E-state index in [1.807, 2.05) is 31.2 Å². The third-order valence-corrected chi connectivity index (χ3v) is 3.76. The molecule has 116 valence electrons. The minimum Gasteiger partial charge on any atom is -0.494 e. The Balaban J connectivity index is 1.94. The number of amides is 1. The number of rotatable bonds is 6. The number of thioether (sulfide) groups is 1. The summed E-state index contributed by atoms with van der Waals surface area (Å²) in [5, 5.41) is 18.6. The molecular formula is C14H15N3O4S. The van der Waals surface area contributed by atoms with Crippen LogP contribution in [0.4, 0.5) is 0 Å². The molecule has 1 atom stereocenters. The van der Waals surface area contributed by atoms with Gasteiger partial charge in [0.05, 0.1) is 19.2 Å². The van der Waals surface area contributed by atoms with Crippen LogP contribution in [0, 0.1) is 0 Å². The third-order valence-electron chi connectivity index (χ3n) is 2.68. The fourth-order valence-corrected chi connectivity index (χ4v) is 2.63. The molecular weight excluding hydrogens is 306 g/mol. The summed E-state index contributed by atoms with van der Waals surface area (Å²) < 4.78 is 5.33. The molecule has 0 spiro atoms. The van der Waals surface area contributed by atoms with Crippen LogP contribution in [-0.2, 0) is 9.59 Å². The first kappa shape index (κ1) is 16.0. The van der Waals surface area contributed by atoms with Gasteiger partial charge in [0.15, 0.2) is 5.17 Å². The van der Waals surface area contributed by atoms with Crippen molar-refractivity contribution in [2.24, 2.45) is 10.2 Å². The van der Waals surface area contributed by atoms with Crippen molar-refractivity contribution in [1.82, 2.24) is 5.32 Å². The molecule has 7 nitrogen and oxygen atoms in total. The zero-order valence-corrected chi connectivity index (χ0v) is 12.7. The maximum Gasteiger partial charge on any atom is 0.305 e. The SMILES string of the molecule is CCOc1ccc(/C=N\N=C2\NC(=O)[C@H](CC(=O)O)S2)cc1. The lowest BCUT2D eigenvalue weighted by molar-refractivity contribution is -0.138. The number of ether oxygens (including phenoxy) is 1. The van der Waals surface area contributed by atoms with E-state index in [0.29, 0.717) is 11.8 Å². The van der Waals surface area contributed by atoms with E-state index in [1.54, 1.807) is 6.21 Å². The predicted octanol–water partition coefficient (Wildman–Crippen LogP) is 1.48. The van der Waals surface area contributed by atoms with Gasteiger partial charge in [-0.1, -0.05) is 11.8 Å². The van der Waals surface area contributed by atoms with Crippen molar-refractivity contribution < 1.29 is 19.4 Å². The molecule has 2 N–H and O–H groups in total. The van der Waals surface area contributed by atoms with Crippen LogP contribution in [0.3, 0.4) is 0 Å². The van der Waals surface area contributed by atoms with E-state index in [0.717, 1.165) is 23.1 Å². The van der Waals surface area contributed by atoms with Gasteiger partial charge in [-0.15, -0.1) is 5.10 Å². The molecule has 22 heavy (non-hydrogen) atoms. The molecule has 1 aliphatic rings. The van der Waals surface area contributed by atoms with Crippen LogP contribution in [-0.4, -0.2) is 40.2 Å². The highest BCUT2D eigenvalue weighted by Gasteiger charge is 2.32. The van der Waals surface area contributed by atoms with Crippen molar-refractivity contribution in [3.05, 3.63) is 29.8 Å². The molecule has 1 fully saturated rings. The molecule has 0 aliphatic carbocycles. The van der Waals surface area contributed by atoms with Crippen molar-refractivity contribution in [1.29, 1.82) is 0 Å². The first-order chi connectivity index (χ1) is 10.6. The second kappa shape index (κ2) is 7.60. The molecule has 0 radical (unpaired) electrons. The van der Waals surface area contributed by atoms with Gasteiger partial charge in [-0.2, -0.15) is 5.10 Å². The summed E-state index contributed by atoms with van der Waals surface area (Å²) in [7, 11) is 0. The van der Waals surface area contributed by atoms with Gasteiger partial charge in [-0.05, 0) is 36.8 Å². The van der Waals surface area contributed by atoms with Crippen molar-refractivity contribution in [2.45, 2.75) is 18.6 Å². The average Bonchev–Trinajstić information content (AvgIpc) is 2.81. The molecule has 8 heteroatoms. The summed E-state index contributed by atoms with van der Waals surface area (Å²) in [6, 6.07) is 7.32. The fraction of sp³-hybridized carbons (Fsp3) is 0.286. The fourth-order valence-electron chi connectivity index (χ4n) is 1.71. The number of benzene rings is 1. The predicted molar refractivity (Wildman–Crippen MR) is 84.4 cm³/mol. The number of nitrogens with one attached hydrogen (secondary N) is 1. The first-order valence-corrected chi connectivity index (χ1v) is 7.49. The van der Waals surface area contributed by atoms with Gasteiger partial charge in [0.2, 0.25) is 5.91 Å². The largest absolute Gasteiger partial charge is 0.494 e. The summed E-state index contributed by atoms with van der Waals surface area (Å²) in [6.07, 6.45) is 1.30. The lowest BCUT2D eigenvalue weighted by Gasteiger charge is -2.01. The molecule has 1 aliphatic heterocycles. The maximum absolute atomic E-state index is 11.5. The van der Waals surface area contributed by atoms with Crippen molar-refractivity contribution in [2.75, 3.05) is 6.61 Å². The molecule has 0 bridgehead atoms. The summed E-state index contributed by atoms with van der Waals surface area (Å²) >= 11 is 1.07. The number of carboxylic acid groups (broad SMARTS) is 1. The van der Waals surface area contributed by atoms with Crippen LogP contribution in [0.25, 0.3) is 0 Å². The minimum absolute atomic E-state index is 0.238. The Morgan fingerprint density at radius 2 is 2.18 bits per heavy atom. The van der Waals surface area contributed by atoms with E-state index in [-0.39, 0.29) is 12.3 Å². The van der Waals surface area contributed by atoms with Gasteiger partial charge in [0.1, 0.15) is 11.0 Å². The van der Waals surface area contributed by atoms with Crippen LogP contribution in [0.5, 0.6) is 5.75 Å². The summed E-state index contributed by atoms with van der Waals surface area (Å²) in [5.74, 6) is -0.602. The van der Waals surface area contributed by atoms with Crippen molar-refractivity contribution in [3.63, 3.8) is 0 Å². The summed E-state index contributed by atoms with van der Waals surface area (Å²) in [4.78, 5) is 22.1. The van der Waals surface area contributed by atoms with Gasteiger partial charge in [0, 0.05) is 0 Å². The summed E-state index contributed by atoms with van der Waals surface area (Å²) in [6.45, 7) is 2.52. The van der Waals surface area contributed by atoms with Crippen molar-refractivity contribution >= 4 is 35.0 Å². The molecule has 1 aromatic carbocycles. The normalized spacial score (nSPS) is 19.6. The molecule has 0 aromatic heterocycles. The topological polar surface area (TPSA) is 100 Å². The molecule has 0 unspecified atom stereocenters. The van der Waals surface area contributed by atoms with Crippen LogP contribution >= 0.6 is 11.8 Å². The molecule has 1 amide bonds. The highest BCUT2D eigenvalue weighted by atomic mass is 32.2. The smallest absolute Gasteiger partial charge is 0.305 e. The zero-order valence-electron chi connectivity index (χ0n) is 11.9. The van der Waals surface area contributed by atoms with E-state index in [2.05, 4.69) is 15.5 Å². The summed E-state index contributed by atoms with van der Waals surface area (Å²) in [5.41, 5.74) is 0.837. The second-order valence-electron chi connectivity index (χ2n) is 4.35. The van der Waals surface area contributed by atoms with Gasteiger partial charge < -0.3 is 15.2 Å². The molecule has 1 aromatic rings. The highest BCUT2D eigenvalue weighted by Crippen LogP contribution is 2.22. The van der Waals surface area contributed by atoms with Gasteiger partial charge in [0.25, 0.3) is 0 Å². The number of amidine groups is 1. The van der Waals surface area contributed by atoms with E-state index < -0.39 is 11.2 Å². The Labute approximate surface area is 131 Å². The standard InChI is InChI=1S/C14H15N3O4S/c1-2-21-10-5-3-9(4-6-10)8-15-17-14-16-13(20)11(22-14)7-12(18)19/h3-6,8,11H,2,7H2,1H3,(H,18,19)(H,16,17,20)/b15-8-/t11-/m0/s1. The quantitative estimate of drug-likeness (QED) is 0.610. The Kier molecular flexibility index (Phi) is 5.54. The van der Waals surface area contributed by atoms with E-state index >= 15 is 0 Å². The highest BCUT2D eigenvalue weighted by molar-refractivity contribution is 8.15. The number of carbonyl (C=O) groups excluding carboxylic acids is 1. The number of nitrogens with zero attached hydrogens (tertiary/aromatic N) is 2. The second-order valence-corrected chi connectivity index (χ2v) is 5.54. The number of carboxylic acids is 1. The Bertz CT molecular complexity index is 613. The van der Waals surface area contributed by atoms with Crippen molar-refractivity contribution in [3.8, 4) is 5.75 Å². The Morgan fingerprint density at radius 1 is 1.45 bits per heavy atom. The van der Waals surface area contributed by atoms with Crippen LogP contribution in [0.15, 0.2) is 34.5 Å². The monoisotopic (exact) mass is 321 g/mol. The number of aliphatic carboxylic acids is 1. The third kappa shape index (κ3) is 4.59. The van der Waals surface area contributed by atoms with Crippen LogP contribution < -0.4 is 10.1 Å². The average molecular weight is 321 g/mol. The number of carbonyl (C=O) groups is 2. The molecule has 1 heterocycles. The lowest BCUT2D eigenvalue weighted by atomic mass is 10.2. The van der Waals surface area contributed by atoms with Gasteiger partial charge in [-0.25, -0.2) is 0 Å². The van der Waals surface area contributed by atoms with Crippen LogP contribution in [0.1, 0.15) is 18.9 Å². The van der Waals surface area contributed by atoms with E-state index in [4.69, 9.17) is 9.84 Å². The molecule has 0 saturated carbocycles.